The smallest absolute Gasteiger partial charge is 0.293 e. The number of hydrogen-bond donors (Lipinski definition) is 1. The topological polar surface area (TPSA) is 55.2 Å². The molecule has 0 saturated heterocycles. The van der Waals surface area contributed by atoms with Gasteiger partial charge in [-0.25, -0.2) is 4.39 Å². The number of benzene rings is 1. The van der Waals surface area contributed by atoms with Crippen LogP contribution in [-0.2, 0) is 0 Å². The molecule has 0 bridgehead atoms. The SMILES string of the molecule is CSCCCCNc1cc(F)c(I)cc1[N+](=O)[O-]. The van der Waals surface area contributed by atoms with E-state index in [-0.39, 0.29) is 14.9 Å². The normalized spacial score (nSPS) is 10.4. The van der Waals surface area contributed by atoms with E-state index in [9.17, 15) is 14.5 Å². The molecule has 0 aliphatic carbocycles. The molecule has 1 aromatic carbocycles. The van der Waals surface area contributed by atoms with Crippen LogP contribution in [0.3, 0.4) is 0 Å². The Morgan fingerprint density at radius 1 is 1.50 bits per heavy atom. The molecular weight excluding hydrogens is 370 g/mol. The highest BCUT2D eigenvalue weighted by Crippen LogP contribution is 2.28. The first kappa shape index (κ1) is 15.5. The van der Waals surface area contributed by atoms with E-state index in [2.05, 4.69) is 5.32 Å². The first-order valence-electron chi connectivity index (χ1n) is 5.42. The summed E-state index contributed by atoms with van der Waals surface area (Å²) in [5, 5.41) is 13.8. The summed E-state index contributed by atoms with van der Waals surface area (Å²) in [4.78, 5) is 10.4. The van der Waals surface area contributed by atoms with Crippen LogP contribution in [0, 0.1) is 19.5 Å². The molecule has 0 atom stereocenters. The molecule has 4 nitrogen and oxygen atoms in total. The third-order valence-electron chi connectivity index (χ3n) is 2.33. The lowest BCUT2D eigenvalue weighted by atomic mass is 10.2. The summed E-state index contributed by atoms with van der Waals surface area (Å²) >= 11 is 3.51. The molecule has 18 heavy (non-hydrogen) atoms. The van der Waals surface area contributed by atoms with Gasteiger partial charge in [-0.3, -0.25) is 10.1 Å². The average Bonchev–Trinajstić information content (AvgIpc) is 2.32. The van der Waals surface area contributed by atoms with E-state index in [1.807, 2.05) is 6.26 Å². The number of anilines is 1. The number of nitro benzene ring substituents is 1. The third-order valence-corrected chi connectivity index (χ3v) is 3.85. The van der Waals surface area contributed by atoms with Gasteiger partial charge < -0.3 is 5.32 Å². The maximum absolute atomic E-state index is 13.4. The number of halogens is 2. The van der Waals surface area contributed by atoms with E-state index >= 15 is 0 Å². The maximum atomic E-state index is 13.4. The number of nitrogens with one attached hydrogen (secondary N) is 1. The molecule has 0 aliphatic heterocycles. The molecule has 0 saturated carbocycles. The van der Waals surface area contributed by atoms with E-state index in [1.54, 1.807) is 34.4 Å². The average molecular weight is 384 g/mol. The van der Waals surface area contributed by atoms with Crippen molar-refractivity contribution < 1.29 is 9.31 Å². The van der Waals surface area contributed by atoms with Gasteiger partial charge in [0, 0.05) is 18.7 Å². The Balaban J connectivity index is 2.68. The summed E-state index contributed by atoms with van der Waals surface area (Å²) in [7, 11) is 0. The highest BCUT2D eigenvalue weighted by molar-refractivity contribution is 14.1. The number of unbranched alkanes of at least 4 members (excludes halogenated alkanes) is 1. The molecule has 1 aromatic rings. The third kappa shape index (κ3) is 4.60. The lowest BCUT2D eigenvalue weighted by Gasteiger charge is -2.07. The fourth-order valence-electron chi connectivity index (χ4n) is 1.42. The minimum Gasteiger partial charge on any atom is -0.379 e. The van der Waals surface area contributed by atoms with Gasteiger partial charge >= 0.3 is 0 Å². The molecule has 0 aliphatic rings. The van der Waals surface area contributed by atoms with Gasteiger partial charge in [0.1, 0.15) is 11.5 Å². The molecule has 0 amide bonds. The molecule has 0 aromatic heterocycles. The minimum absolute atomic E-state index is 0.0781. The van der Waals surface area contributed by atoms with Crippen molar-refractivity contribution in [3.05, 3.63) is 31.6 Å². The van der Waals surface area contributed by atoms with Crippen LogP contribution < -0.4 is 5.32 Å². The van der Waals surface area contributed by atoms with Crippen molar-refractivity contribution in [3.63, 3.8) is 0 Å². The number of nitrogens with zero attached hydrogens (tertiary/aromatic N) is 1. The molecule has 7 heteroatoms. The van der Waals surface area contributed by atoms with Crippen molar-refractivity contribution in [3.8, 4) is 0 Å². The Bertz CT molecular complexity index is 432. The van der Waals surface area contributed by atoms with Gasteiger partial charge in [0.25, 0.3) is 5.69 Å². The van der Waals surface area contributed by atoms with Crippen molar-refractivity contribution in [1.82, 2.24) is 0 Å². The summed E-state index contributed by atoms with van der Waals surface area (Å²) in [6.45, 7) is 0.613. The maximum Gasteiger partial charge on any atom is 0.293 e. The standard InChI is InChI=1S/C11H14FIN2O2S/c1-18-5-3-2-4-14-10-6-8(12)9(13)7-11(10)15(16)17/h6-7,14H,2-5H2,1H3. The summed E-state index contributed by atoms with van der Waals surface area (Å²) < 4.78 is 13.6. The van der Waals surface area contributed by atoms with E-state index in [1.165, 1.54) is 12.1 Å². The predicted molar refractivity (Wildman–Crippen MR) is 81.9 cm³/mol. The van der Waals surface area contributed by atoms with Crippen molar-refractivity contribution >= 4 is 45.7 Å². The Kier molecular flexibility index (Phi) is 6.69. The minimum atomic E-state index is -0.494. The number of rotatable bonds is 7. The van der Waals surface area contributed by atoms with Crippen LogP contribution in [0.1, 0.15) is 12.8 Å². The highest BCUT2D eigenvalue weighted by atomic mass is 127. The second kappa shape index (κ2) is 7.78. The molecule has 0 radical (unpaired) electrons. The Morgan fingerprint density at radius 3 is 2.83 bits per heavy atom. The molecule has 0 spiro atoms. The van der Waals surface area contributed by atoms with Crippen molar-refractivity contribution in [2.45, 2.75) is 12.8 Å². The first-order chi connectivity index (χ1) is 8.56. The van der Waals surface area contributed by atoms with Crippen LogP contribution in [0.5, 0.6) is 0 Å². The van der Waals surface area contributed by atoms with Crippen LogP contribution in [-0.4, -0.2) is 23.5 Å². The second-order valence-electron chi connectivity index (χ2n) is 3.67. The Hall–Kier alpha value is -0.570. The van der Waals surface area contributed by atoms with E-state index in [0.717, 1.165) is 18.6 Å². The molecule has 0 heterocycles. The molecule has 0 unspecified atom stereocenters. The summed E-state index contributed by atoms with van der Waals surface area (Å²) in [6, 6.07) is 2.44. The van der Waals surface area contributed by atoms with Gasteiger partial charge in [-0.1, -0.05) is 0 Å². The van der Waals surface area contributed by atoms with Gasteiger partial charge in [-0.05, 0) is 47.4 Å². The van der Waals surface area contributed by atoms with Gasteiger partial charge in [0.2, 0.25) is 0 Å². The zero-order valence-electron chi connectivity index (χ0n) is 9.91. The van der Waals surface area contributed by atoms with Crippen molar-refractivity contribution in [2.75, 3.05) is 23.9 Å². The van der Waals surface area contributed by atoms with Gasteiger partial charge in [0.15, 0.2) is 0 Å². The van der Waals surface area contributed by atoms with Crippen LogP contribution in [0.2, 0.25) is 0 Å². The summed E-state index contributed by atoms with van der Waals surface area (Å²) in [5.41, 5.74) is 0.174. The van der Waals surface area contributed by atoms with E-state index < -0.39 is 10.7 Å². The van der Waals surface area contributed by atoms with Crippen LogP contribution in [0.15, 0.2) is 12.1 Å². The Morgan fingerprint density at radius 2 is 2.22 bits per heavy atom. The number of thioether (sulfide) groups is 1. The molecule has 1 rings (SSSR count). The van der Waals surface area contributed by atoms with Crippen molar-refractivity contribution in [1.29, 1.82) is 0 Å². The highest BCUT2D eigenvalue weighted by Gasteiger charge is 2.16. The van der Waals surface area contributed by atoms with E-state index in [0.29, 0.717) is 6.54 Å². The molecular formula is C11H14FIN2O2S. The second-order valence-corrected chi connectivity index (χ2v) is 5.82. The molecule has 0 fully saturated rings. The molecule has 1 N–H and O–H groups in total. The monoisotopic (exact) mass is 384 g/mol. The quantitative estimate of drug-likeness (QED) is 0.335. The fourth-order valence-corrected chi connectivity index (χ4v) is 2.37. The number of nitro groups is 1. The zero-order chi connectivity index (χ0) is 13.5. The van der Waals surface area contributed by atoms with Gasteiger partial charge in [-0.2, -0.15) is 11.8 Å². The summed E-state index contributed by atoms with van der Waals surface area (Å²) in [5.74, 6) is 0.623. The first-order valence-corrected chi connectivity index (χ1v) is 7.89. The number of hydrogen-bond acceptors (Lipinski definition) is 4. The Labute approximate surface area is 123 Å². The van der Waals surface area contributed by atoms with Gasteiger partial charge in [0.05, 0.1) is 8.49 Å². The fraction of sp³-hybridized carbons (Fsp3) is 0.455. The van der Waals surface area contributed by atoms with Crippen LogP contribution >= 0.6 is 34.4 Å². The lowest BCUT2D eigenvalue weighted by molar-refractivity contribution is -0.384. The van der Waals surface area contributed by atoms with Crippen molar-refractivity contribution in [2.24, 2.45) is 0 Å². The van der Waals surface area contributed by atoms with Crippen LogP contribution in [0.4, 0.5) is 15.8 Å². The van der Waals surface area contributed by atoms with Crippen LogP contribution in [0.25, 0.3) is 0 Å². The largest absolute Gasteiger partial charge is 0.379 e. The summed E-state index contributed by atoms with van der Waals surface area (Å²) in [6.07, 6.45) is 3.98. The van der Waals surface area contributed by atoms with Gasteiger partial charge in [-0.15, -0.1) is 0 Å². The zero-order valence-corrected chi connectivity index (χ0v) is 12.9. The lowest BCUT2D eigenvalue weighted by Crippen LogP contribution is -2.05. The molecule has 100 valence electrons. The van der Waals surface area contributed by atoms with E-state index in [4.69, 9.17) is 0 Å². The predicted octanol–water partition coefficient (Wildman–Crippen LogP) is 3.89.